The van der Waals surface area contributed by atoms with Crippen molar-refractivity contribution in [1.29, 1.82) is 0 Å². The van der Waals surface area contributed by atoms with Crippen LogP contribution in [0.2, 0.25) is 0 Å². The van der Waals surface area contributed by atoms with Gasteiger partial charge in [0.05, 0.1) is 5.57 Å². The van der Waals surface area contributed by atoms with Gasteiger partial charge in [-0.15, -0.1) is 0 Å². The second kappa shape index (κ2) is 6.09. The van der Waals surface area contributed by atoms with E-state index in [1.807, 2.05) is 18.2 Å². The third-order valence-electron chi connectivity index (χ3n) is 2.99. The molecule has 1 aromatic carbocycles. The minimum Gasteiger partial charge on any atom is -0.488 e. The zero-order chi connectivity index (χ0) is 14.7. The summed E-state index contributed by atoms with van der Waals surface area (Å²) in [5, 5.41) is 11.4. The molecule has 0 aliphatic carbocycles. The van der Waals surface area contributed by atoms with E-state index in [2.05, 4.69) is 21.2 Å². The first-order valence-electron chi connectivity index (χ1n) is 6.18. The Morgan fingerprint density at radius 2 is 2.25 bits per heavy atom. The lowest BCUT2D eigenvalue weighted by molar-refractivity contribution is -0.141. The topological polar surface area (TPSA) is 75.6 Å². The number of benzene rings is 1. The van der Waals surface area contributed by atoms with Crippen LogP contribution >= 0.6 is 15.9 Å². The molecule has 1 aliphatic rings. The number of fused-ring (bicyclic) bond motifs is 1. The normalized spacial score (nSPS) is 14.6. The van der Waals surface area contributed by atoms with Crippen LogP contribution in [0.1, 0.15) is 18.9 Å². The van der Waals surface area contributed by atoms with Gasteiger partial charge >= 0.3 is 5.97 Å². The summed E-state index contributed by atoms with van der Waals surface area (Å²) in [6, 6.07) is 4.63. The van der Waals surface area contributed by atoms with Gasteiger partial charge in [0.25, 0.3) is 5.91 Å². The van der Waals surface area contributed by atoms with Crippen LogP contribution in [-0.2, 0) is 9.59 Å². The highest BCUT2D eigenvalue weighted by Crippen LogP contribution is 2.29. The van der Waals surface area contributed by atoms with Crippen molar-refractivity contribution < 1.29 is 19.4 Å². The fourth-order valence-electron chi connectivity index (χ4n) is 1.87. The molecule has 106 valence electrons. The minimum absolute atomic E-state index is 0.135. The van der Waals surface area contributed by atoms with Gasteiger partial charge in [-0.1, -0.05) is 22.9 Å². The number of nitrogens with one attached hydrogen (secondary N) is 1. The largest absolute Gasteiger partial charge is 0.488 e. The molecule has 0 unspecified atom stereocenters. The number of amides is 1. The van der Waals surface area contributed by atoms with Crippen molar-refractivity contribution >= 4 is 33.9 Å². The van der Waals surface area contributed by atoms with Gasteiger partial charge in [0.1, 0.15) is 18.4 Å². The van der Waals surface area contributed by atoms with Gasteiger partial charge in [-0.25, -0.2) is 4.79 Å². The Balaban J connectivity index is 2.18. The molecule has 6 heteroatoms. The molecule has 0 radical (unpaired) electrons. The van der Waals surface area contributed by atoms with Crippen molar-refractivity contribution in [2.75, 3.05) is 6.61 Å². The summed E-state index contributed by atoms with van der Waals surface area (Å²) >= 11 is 3.35. The maximum Gasteiger partial charge on any atom is 0.326 e. The molecular weight excluding hydrogens is 326 g/mol. The number of carbonyl (C=O) groups is 2. The zero-order valence-corrected chi connectivity index (χ0v) is 12.4. The lowest BCUT2D eigenvalue weighted by Crippen LogP contribution is -2.41. The molecule has 2 N–H and O–H groups in total. The molecule has 0 spiro atoms. The summed E-state index contributed by atoms with van der Waals surface area (Å²) in [7, 11) is 0. The van der Waals surface area contributed by atoms with Crippen LogP contribution in [0.5, 0.6) is 5.75 Å². The number of halogens is 1. The molecule has 0 saturated heterocycles. The van der Waals surface area contributed by atoms with Crippen LogP contribution in [-0.4, -0.2) is 29.6 Å². The number of rotatable bonds is 4. The predicted octanol–water partition coefficient (Wildman–Crippen LogP) is 2.20. The first-order chi connectivity index (χ1) is 9.51. The highest BCUT2D eigenvalue weighted by atomic mass is 79.9. The van der Waals surface area contributed by atoms with Gasteiger partial charge in [-0.05, 0) is 30.7 Å². The van der Waals surface area contributed by atoms with E-state index in [1.165, 1.54) is 0 Å². The van der Waals surface area contributed by atoms with Gasteiger partial charge in [0.2, 0.25) is 0 Å². The zero-order valence-electron chi connectivity index (χ0n) is 10.9. The van der Waals surface area contributed by atoms with E-state index in [0.29, 0.717) is 17.7 Å². The number of hydrogen-bond acceptors (Lipinski definition) is 3. The summed E-state index contributed by atoms with van der Waals surface area (Å²) in [6.07, 6.45) is 2.05. The van der Waals surface area contributed by atoms with E-state index in [9.17, 15) is 9.59 Å². The van der Waals surface area contributed by atoms with E-state index in [0.717, 1.165) is 10.0 Å². The van der Waals surface area contributed by atoms with Gasteiger partial charge in [0, 0.05) is 10.0 Å². The smallest absolute Gasteiger partial charge is 0.326 e. The molecule has 0 fully saturated rings. The Morgan fingerprint density at radius 1 is 1.50 bits per heavy atom. The summed E-state index contributed by atoms with van der Waals surface area (Å²) in [6.45, 7) is 1.84. The SMILES string of the molecule is CC[C@H](NC(=O)C1=Cc2cc(Br)ccc2OC1)C(=O)O. The maximum absolute atomic E-state index is 12.0. The maximum atomic E-state index is 12.0. The van der Waals surface area contributed by atoms with Crippen LogP contribution in [0.25, 0.3) is 6.08 Å². The quantitative estimate of drug-likeness (QED) is 0.881. The van der Waals surface area contributed by atoms with Gasteiger partial charge in [-0.2, -0.15) is 0 Å². The molecule has 1 atom stereocenters. The van der Waals surface area contributed by atoms with Crippen molar-refractivity contribution in [1.82, 2.24) is 5.32 Å². The molecular formula is C14H14BrNO4. The molecule has 20 heavy (non-hydrogen) atoms. The fourth-order valence-corrected chi connectivity index (χ4v) is 2.25. The first-order valence-corrected chi connectivity index (χ1v) is 6.97. The highest BCUT2D eigenvalue weighted by molar-refractivity contribution is 9.10. The standard InChI is InChI=1S/C14H14BrNO4/c1-2-11(14(18)19)16-13(17)9-5-8-6-10(15)3-4-12(8)20-7-9/h3-6,11H,2,7H2,1H3,(H,16,17)(H,18,19)/t11-/m0/s1. The highest BCUT2D eigenvalue weighted by Gasteiger charge is 2.22. The second-order valence-corrected chi connectivity index (χ2v) is 5.33. The van der Waals surface area contributed by atoms with Crippen molar-refractivity contribution in [2.45, 2.75) is 19.4 Å². The van der Waals surface area contributed by atoms with Crippen LogP contribution in [0.3, 0.4) is 0 Å². The average Bonchev–Trinajstić information content (AvgIpc) is 2.43. The minimum atomic E-state index is -1.04. The molecule has 1 heterocycles. The lowest BCUT2D eigenvalue weighted by Gasteiger charge is -2.19. The molecule has 0 bridgehead atoms. The number of carboxylic acids is 1. The van der Waals surface area contributed by atoms with Crippen molar-refractivity contribution in [3.63, 3.8) is 0 Å². The Kier molecular flexibility index (Phi) is 4.44. The second-order valence-electron chi connectivity index (χ2n) is 4.41. The van der Waals surface area contributed by atoms with Crippen LogP contribution in [0.4, 0.5) is 0 Å². The van der Waals surface area contributed by atoms with Crippen molar-refractivity contribution in [3.8, 4) is 5.75 Å². The number of carboxylic acid groups (broad SMARTS) is 1. The summed E-state index contributed by atoms with van der Waals surface area (Å²) in [5.41, 5.74) is 1.20. The van der Waals surface area contributed by atoms with Gasteiger partial charge in [-0.3, -0.25) is 4.79 Å². The summed E-state index contributed by atoms with van der Waals surface area (Å²) in [5.74, 6) is -0.749. The number of aliphatic carboxylic acids is 1. The third-order valence-corrected chi connectivity index (χ3v) is 3.48. The molecule has 5 nitrogen and oxygen atoms in total. The molecule has 1 aromatic rings. The molecule has 2 rings (SSSR count). The fraction of sp³-hybridized carbons (Fsp3) is 0.286. The van der Waals surface area contributed by atoms with E-state index in [-0.39, 0.29) is 6.61 Å². The van der Waals surface area contributed by atoms with Crippen LogP contribution in [0.15, 0.2) is 28.2 Å². The predicted molar refractivity (Wildman–Crippen MR) is 77.5 cm³/mol. The third kappa shape index (κ3) is 3.19. The van der Waals surface area contributed by atoms with E-state index >= 15 is 0 Å². The molecule has 1 aliphatic heterocycles. The van der Waals surface area contributed by atoms with Gasteiger partial charge < -0.3 is 15.2 Å². The van der Waals surface area contributed by atoms with Crippen LogP contribution < -0.4 is 10.1 Å². The van der Waals surface area contributed by atoms with E-state index in [4.69, 9.17) is 9.84 Å². The number of ether oxygens (including phenoxy) is 1. The molecule has 0 saturated carbocycles. The Bertz CT molecular complexity index is 583. The first kappa shape index (κ1) is 14.6. The molecule has 0 aromatic heterocycles. The Hall–Kier alpha value is -1.82. The number of carbonyl (C=O) groups excluding carboxylic acids is 1. The van der Waals surface area contributed by atoms with Gasteiger partial charge in [0.15, 0.2) is 0 Å². The van der Waals surface area contributed by atoms with Crippen molar-refractivity contribution in [3.05, 3.63) is 33.8 Å². The average molecular weight is 340 g/mol. The molecule has 1 amide bonds. The number of hydrogen-bond donors (Lipinski definition) is 2. The monoisotopic (exact) mass is 339 g/mol. The van der Waals surface area contributed by atoms with E-state index in [1.54, 1.807) is 13.0 Å². The summed E-state index contributed by atoms with van der Waals surface area (Å²) in [4.78, 5) is 23.0. The van der Waals surface area contributed by atoms with Crippen molar-refractivity contribution in [2.24, 2.45) is 0 Å². The lowest BCUT2D eigenvalue weighted by atomic mass is 10.1. The Morgan fingerprint density at radius 3 is 2.90 bits per heavy atom. The van der Waals surface area contributed by atoms with E-state index < -0.39 is 17.9 Å². The van der Waals surface area contributed by atoms with Crippen LogP contribution in [0, 0.1) is 0 Å². The summed E-state index contributed by atoms with van der Waals surface area (Å²) < 4.78 is 6.37. The Labute approximate surface area is 124 Å².